The maximum Gasteiger partial charge on any atom is 0.266 e. The highest BCUT2D eigenvalue weighted by molar-refractivity contribution is 7.99. The maximum absolute atomic E-state index is 13.5. The number of rotatable bonds is 7. The third kappa shape index (κ3) is 4.94. The highest BCUT2D eigenvalue weighted by atomic mass is 32.2. The molecule has 7 heteroatoms. The van der Waals surface area contributed by atoms with Crippen LogP contribution in [0.4, 0.5) is 5.69 Å². The molecule has 1 N–H and O–H groups in total. The number of aromatic nitrogens is 2. The van der Waals surface area contributed by atoms with Crippen molar-refractivity contribution in [3.05, 3.63) is 94.3 Å². The van der Waals surface area contributed by atoms with E-state index in [0.29, 0.717) is 27.3 Å². The maximum atomic E-state index is 13.5. The standard InChI is InChI=1S/C27H25N3O3S/c1-17(2)21-11-5-7-14-24(21)30-26(33)22-12-4-6-13-23(22)29-27(30)34-16-25(32)28-20-10-8-9-19(15-20)18(3)31/h4-15,17H,16H2,1-3H3,(H,28,32). The Balaban J connectivity index is 1.69. The van der Waals surface area contributed by atoms with Gasteiger partial charge in [-0.2, -0.15) is 0 Å². The van der Waals surface area contributed by atoms with E-state index in [4.69, 9.17) is 4.98 Å². The number of amides is 1. The predicted molar refractivity (Wildman–Crippen MR) is 137 cm³/mol. The van der Waals surface area contributed by atoms with Crippen LogP contribution in [0, 0.1) is 0 Å². The molecule has 34 heavy (non-hydrogen) atoms. The molecule has 4 aromatic rings. The van der Waals surface area contributed by atoms with Crippen molar-refractivity contribution in [1.29, 1.82) is 0 Å². The average Bonchev–Trinajstić information content (AvgIpc) is 2.83. The fourth-order valence-corrected chi connectivity index (χ4v) is 4.55. The van der Waals surface area contributed by atoms with Gasteiger partial charge in [-0.15, -0.1) is 0 Å². The molecular weight excluding hydrogens is 446 g/mol. The molecule has 0 fully saturated rings. The van der Waals surface area contributed by atoms with Gasteiger partial charge in [0.05, 0.1) is 22.3 Å². The lowest BCUT2D eigenvalue weighted by Crippen LogP contribution is -2.24. The van der Waals surface area contributed by atoms with E-state index in [2.05, 4.69) is 19.2 Å². The summed E-state index contributed by atoms with van der Waals surface area (Å²) in [6, 6.07) is 21.8. The summed E-state index contributed by atoms with van der Waals surface area (Å²) in [7, 11) is 0. The van der Waals surface area contributed by atoms with Crippen LogP contribution < -0.4 is 10.9 Å². The van der Waals surface area contributed by atoms with Gasteiger partial charge in [-0.25, -0.2) is 4.98 Å². The van der Waals surface area contributed by atoms with E-state index in [9.17, 15) is 14.4 Å². The number of anilines is 1. The number of fused-ring (bicyclic) bond motifs is 1. The summed E-state index contributed by atoms with van der Waals surface area (Å²) >= 11 is 1.20. The van der Waals surface area contributed by atoms with Crippen LogP contribution in [0.2, 0.25) is 0 Å². The minimum atomic E-state index is -0.253. The van der Waals surface area contributed by atoms with Crippen molar-refractivity contribution in [2.75, 3.05) is 11.1 Å². The van der Waals surface area contributed by atoms with Crippen molar-refractivity contribution in [1.82, 2.24) is 9.55 Å². The first-order valence-electron chi connectivity index (χ1n) is 11.0. The van der Waals surface area contributed by atoms with Gasteiger partial charge >= 0.3 is 0 Å². The van der Waals surface area contributed by atoms with Crippen molar-refractivity contribution in [3.8, 4) is 5.69 Å². The molecular formula is C27H25N3O3S. The van der Waals surface area contributed by atoms with Crippen molar-refractivity contribution in [2.45, 2.75) is 31.8 Å². The van der Waals surface area contributed by atoms with Crippen LogP contribution in [0.5, 0.6) is 0 Å². The van der Waals surface area contributed by atoms with E-state index in [0.717, 1.165) is 11.3 Å². The third-order valence-corrected chi connectivity index (χ3v) is 6.37. The number of nitrogens with one attached hydrogen (secondary N) is 1. The predicted octanol–water partition coefficient (Wildman–Crippen LogP) is 5.44. The molecule has 0 saturated heterocycles. The molecule has 0 saturated carbocycles. The number of benzene rings is 3. The van der Waals surface area contributed by atoms with Crippen LogP contribution in [0.25, 0.3) is 16.6 Å². The Morgan fingerprint density at radius 3 is 2.50 bits per heavy atom. The molecule has 1 aromatic heterocycles. The van der Waals surface area contributed by atoms with Crippen LogP contribution >= 0.6 is 11.8 Å². The van der Waals surface area contributed by atoms with Crippen molar-refractivity contribution in [3.63, 3.8) is 0 Å². The summed E-state index contributed by atoms with van der Waals surface area (Å²) in [6.45, 7) is 5.64. The lowest BCUT2D eigenvalue weighted by atomic mass is 10.0. The molecule has 4 rings (SSSR count). The van der Waals surface area contributed by atoms with Gasteiger partial charge in [-0.05, 0) is 48.7 Å². The first kappa shape index (κ1) is 23.4. The summed E-state index contributed by atoms with van der Waals surface area (Å²) in [5.74, 6) is -0.0707. The first-order valence-corrected chi connectivity index (χ1v) is 12.0. The Kier molecular flexibility index (Phi) is 6.93. The second kappa shape index (κ2) is 10.1. The second-order valence-corrected chi connectivity index (χ2v) is 9.18. The number of thioether (sulfide) groups is 1. The van der Waals surface area contributed by atoms with Crippen molar-refractivity contribution < 1.29 is 9.59 Å². The molecule has 0 unspecified atom stereocenters. The SMILES string of the molecule is CC(=O)c1cccc(NC(=O)CSc2nc3ccccc3c(=O)n2-c2ccccc2C(C)C)c1. The molecule has 0 aliphatic heterocycles. The minimum absolute atomic E-state index is 0.0545. The van der Waals surface area contributed by atoms with Gasteiger partial charge < -0.3 is 5.32 Å². The zero-order valence-electron chi connectivity index (χ0n) is 19.2. The molecule has 3 aromatic carbocycles. The first-order chi connectivity index (χ1) is 16.3. The van der Waals surface area contributed by atoms with Crippen LogP contribution in [0.3, 0.4) is 0 Å². The average molecular weight is 472 g/mol. The number of Topliss-reactive ketones (excluding diaryl/α,β-unsaturated/α-hetero) is 1. The lowest BCUT2D eigenvalue weighted by Gasteiger charge is -2.18. The summed E-state index contributed by atoms with van der Waals surface area (Å²) < 4.78 is 1.60. The summed E-state index contributed by atoms with van der Waals surface area (Å²) in [4.78, 5) is 42.6. The van der Waals surface area contributed by atoms with Gasteiger partial charge in [0.2, 0.25) is 5.91 Å². The molecule has 172 valence electrons. The van der Waals surface area contributed by atoms with Crippen molar-refractivity contribution >= 4 is 40.0 Å². The Hall–Kier alpha value is -3.71. The number of hydrogen-bond acceptors (Lipinski definition) is 5. The Morgan fingerprint density at radius 2 is 1.74 bits per heavy atom. The van der Waals surface area contributed by atoms with E-state index in [1.165, 1.54) is 18.7 Å². The molecule has 1 amide bonds. The fraction of sp³-hybridized carbons (Fsp3) is 0.185. The molecule has 0 spiro atoms. The van der Waals surface area contributed by atoms with E-state index >= 15 is 0 Å². The number of nitrogens with zero attached hydrogens (tertiary/aromatic N) is 2. The number of hydrogen-bond donors (Lipinski definition) is 1. The number of carbonyl (C=O) groups is 2. The molecule has 0 bridgehead atoms. The molecule has 0 aliphatic rings. The number of para-hydroxylation sites is 2. The summed E-state index contributed by atoms with van der Waals surface area (Å²) in [5, 5.41) is 3.79. The topological polar surface area (TPSA) is 81.1 Å². The van der Waals surface area contributed by atoms with Gasteiger partial charge in [-0.1, -0.05) is 68.1 Å². The molecule has 0 aliphatic carbocycles. The monoisotopic (exact) mass is 471 g/mol. The molecule has 0 radical (unpaired) electrons. The zero-order valence-corrected chi connectivity index (χ0v) is 20.1. The van der Waals surface area contributed by atoms with E-state index < -0.39 is 0 Å². The summed E-state index contributed by atoms with van der Waals surface area (Å²) in [5.41, 5.74) is 3.28. The highest BCUT2D eigenvalue weighted by Gasteiger charge is 2.18. The van der Waals surface area contributed by atoms with Gasteiger partial charge in [0, 0.05) is 11.3 Å². The third-order valence-electron chi connectivity index (χ3n) is 5.43. The van der Waals surface area contributed by atoms with Gasteiger partial charge in [0.25, 0.3) is 5.56 Å². The normalized spacial score (nSPS) is 11.1. The molecule has 0 atom stereocenters. The second-order valence-electron chi connectivity index (χ2n) is 8.24. The van der Waals surface area contributed by atoms with Gasteiger partial charge in [0.15, 0.2) is 10.9 Å². The van der Waals surface area contributed by atoms with E-state index in [1.54, 1.807) is 41.0 Å². The summed E-state index contributed by atoms with van der Waals surface area (Å²) in [6.07, 6.45) is 0. The van der Waals surface area contributed by atoms with Gasteiger partial charge in [0.1, 0.15) is 0 Å². The van der Waals surface area contributed by atoms with E-state index in [-0.39, 0.29) is 28.9 Å². The Morgan fingerprint density at radius 1 is 1.00 bits per heavy atom. The number of ketones is 1. The lowest BCUT2D eigenvalue weighted by molar-refractivity contribution is -0.113. The van der Waals surface area contributed by atoms with Gasteiger partial charge in [-0.3, -0.25) is 19.0 Å². The van der Waals surface area contributed by atoms with Crippen LogP contribution in [-0.4, -0.2) is 27.0 Å². The number of carbonyl (C=O) groups excluding carboxylic acids is 2. The fourth-order valence-electron chi connectivity index (χ4n) is 3.74. The van der Waals surface area contributed by atoms with Crippen molar-refractivity contribution in [2.24, 2.45) is 0 Å². The minimum Gasteiger partial charge on any atom is -0.325 e. The quantitative estimate of drug-likeness (QED) is 0.220. The molecule has 1 heterocycles. The smallest absolute Gasteiger partial charge is 0.266 e. The highest BCUT2D eigenvalue weighted by Crippen LogP contribution is 2.27. The Labute approximate surface area is 202 Å². The van der Waals surface area contributed by atoms with Crippen LogP contribution in [0.1, 0.15) is 42.6 Å². The van der Waals surface area contributed by atoms with Crippen LogP contribution in [0.15, 0.2) is 82.7 Å². The Bertz CT molecular complexity index is 1440. The molecule has 6 nitrogen and oxygen atoms in total. The zero-order chi connectivity index (χ0) is 24.2. The van der Waals surface area contributed by atoms with Crippen LogP contribution in [-0.2, 0) is 4.79 Å². The largest absolute Gasteiger partial charge is 0.325 e. The van der Waals surface area contributed by atoms with E-state index in [1.807, 2.05) is 36.4 Å².